The van der Waals surface area contributed by atoms with E-state index >= 15 is 0 Å². The van der Waals surface area contributed by atoms with Crippen LogP contribution in [-0.4, -0.2) is 32.2 Å². The lowest BCUT2D eigenvalue weighted by Gasteiger charge is -2.13. The van der Waals surface area contributed by atoms with Crippen LogP contribution in [0.5, 0.6) is 0 Å². The SMILES string of the molecule is C[C@H](CNC(=O)CCc1nc2c(cnn2-c2ccccc2)c(=O)[nH]1)c1ccccc1. The van der Waals surface area contributed by atoms with Crippen LogP contribution >= 0.6 is 0 Å². The molecule has 0 unspecified atom stereocenters. The fraction of sp³-hybridized carbons (Fsp3) is 0.217. The number of carbonyl (C=O) groups excluding carboxylic acids is 1. The third kappa shape index (κ3) is 4.30. The van der Waals surface area contributed by atoms with Crippen LogP contribution < -0.4 is 10.9 Å². The zero-order valence-corrected chi connectivity index (χ0v) is 16.7. The van der Waals surface area contributed by atoms with Crippen molar-refractivity contribution in [2.75, 3.05) is 6.54 Å². The molecule has 2 N–H and O–H groups in total. The quantitative estimate of drug-likeness (QED) is 0.498. The molecule has 2 aromatic carbocycles. The number of benzene rings is 2. The predicted molar refractivity (Wildman–Crippen MR) is 116 cm³/mol. The maximum absolute atomic E-state index is 12.4. The fourth-order valence-corrected chi connectivity index (χ4v) is 3.33. The van der Waals surface area contributed by atoms with Crippen molar-refractivity contribution < 1.29 is 4.79 Å². The molecule has 0 radical (unpaired) electrons. The number of aromatic nitrogens is 4. The van der Waals surface area contributed by atoms with Gasteiger partial charge in [0.15, 0.2) is 5.65 Å². The fourth-order valence-electron chi connectivity index (χ4n) is 3.33. The van der Waals surface area contributed by atoms with E-state index in [2.05, 4.69) is 39.4 Å². The van der Waals surface area contributed by atoms with Gasteiger partial charge in [0.1, 0.15) is 11.2 Å². The number of H-pyrrole nitrogens is 1. The van der Waals surface area contributed by atoms with Gasteiger partial charge in [0.05, 0.1) is 11.9 Å². The zero-order valence-electron chi connectivity index (χ0n) is 16.7. The second kappa shape index (κ2) is 8.73. The van der Waals surface area contributed by atoms with Crippen molar-refractivity contribution in [1.82, 2.24) is 25.1 Å². The van der Waals surface area contributed by atoms with Gasteiger partial charge in [0.2, 0.25) is 5.91 Å². The van der Waals surface area contributed by atoms with Crippen LogP contribution in [0.15, 0.2) is 71.7 Å². The summed E-state index contributed by atoms with van der Waals surface area (Å²) in [6, 6.07) is 19.6. The van der Waals surface area contributed by atoms with Gasteiger partial charge in [0.25, 0.3) is 5.56 Å². The minimum atomic E-state index is -0.254. The molecule has 0 aliphatic rings. The number of carbonyl (C=O) groups is 1. The van der Waals surface area contributed by atoms with E-state index in [0.717, 1.165) is 5.69 Å². The molecular weight excluding hydrogens is 378 g/mol. The number of rotatable bonds is 7. The molecule has 2 heterocycles. The van der Waals surface area contributed by atoms with E-state index < -0.39 is 0 Å². The van der Waals surface area contributed by atoms with Crippen LogP contribution in [0, 0.1) is 0 Å². The van der Waals surface area contributed by atoms with Crippen molar-refractivity contribution in [2.24, 2.45) is 0 Å². The van der Waals surface area contributed by atoms with Gasteiger partial charge in [-0.15, -0.1) is 0 Å². The number of hydrogen-bond acceptors (Lipinski definition) is 4. The summed E-state index contributed by atoms with van der Waals surface area (Å²) < 4.78 is 1.63. The number of nitrogens with zero attached hydrogens (tertiary/aromatic N) is 3. The van der Waals surface area contributed by atoms with Crippen LogP contribution in [-0.2, 0) is 11.2 Å². The summed E-state index contributed by atoms with van der Waals surface area (Å²) in [5, 5.41) is 7.67. The van der Waals surface area contributed by atoms with Crippen LogP contribution in [0.4, 0.5) is 0 Å². The van der Waals surface area contributed by atoms with Crippen LogP contribution in [0.3, 0.4) is 0 Å². The van der Waals surface area contributed by atoms with Gasteiger partial charge in [-0.05, 0) is 23.6 Å². The van der Waals surface area contributed by atoms with Crippen LogP contribution in [0.2, 0.25) is 0 Å². The Labute approximate surface area is 173 Å². The summed E-state index contributed by atoms with van der Waals surface area (Å²) in [5.41, 5.74) is 2.24. The van der Waals surface area contributed by atoms with Crippen LogP contribution in [0.1, 0.15) is 30.7 Å². The summed E-state index contributed by atoms with van der Waals surface area (Å²) in [7, 11) is 0. The number of amides is 1. The molecule has 1 atom stereocenters. The van der Waals surface area contributed by atoms with E-state index in [1.807, 2.05) is 48.5 Å². The van der Waals surface area contributed by atoms with Gasteiger partial charge in [-0.3, -0.25) is 9.59 Å². The second-order valence-corrected chi connectivity index (χ2v) is 7.26. The van der Waals surface area contributed by atoms with E-state index in [9.17, 15) is 9.59 Å². The highest BCUT2D eigenvalue weighted by molar-refractivity contribution is 5.77. The first-order valence-electron chi connectivity index (χ1n) is 9.96. The average Bonchev–Trinajstić information content (AvgIpc) is 3.22. The largest absolute Gasteiger partial charge is 0.355 e. The van der Waals surface area contributed by atoms with Gasteiger partial charge >= 0.3 is 0 Å². The highest BCUT2D eigenvalue weighted by atomic mass is 16.1. The first kappa shape index (κ1) is 19.6. The molecule has 2 aromatic heterocycles. The number of hydrogen-bond donors (Lipinski definition) is 2. The first-order chi connectivity index (χ1) is 14.6. The Bertz CT molecular complexity index is 1200. The summed E-state index contributed by atoms with van der Waals surface area (Å²) in [6.07, 6.45) is 2.10. The molecule has 4 rings (SSSR count). The molecule has 30 heavy (non-hydrogen) atoms. The van der Waals surface area contributed by atoms with E-state index in [-0.39, 0.29) is 23.8 Å². The summed E-state index contributed by atoms with van der Waals surface area (Å²) in [4.78, 5) is 32.0. The minimum absolute atomic E-state index is 0.0721. The Morgan fingerprint density at radius 3 is 2.53 bits per heavy atom. The molecule has 0 bridgehead atoms. The van der Waals surface area contributed by atoms with Crippen molar-refractivity contribution in [3.63, 3.8) is 0 Å². The van der Waals surface area contributed by atoms with Crippen LogP contribution in [0.25, 0.3) is 16.7 Å². The van der Waals surface area contributed by atoms with E-state index in [4.69, 9.17) is 0 Å². The molecule has 0 saturated heterocycles. The average molecular weight is 401 g/mol. The normalized spacial score (nSPS) is 12.0. The van der Waals surface area contributed by atoms with E-state index in [1.54, 1.807) is 4.68 Å². The number of fused-ring (bicyclic) bond motifs is 1. The second-order valence-electron chi connectivity index (χ2n) is 7.26. The van der Waals surface area contributed by atoms with Crippen molar-refractivity contribution in [3.8, 4) is 5.69 Å². The predicted octanol–water partition coefficient (Wildman–Crippen LogP) is 2.96. The molecule has 0 spiro atoms. The number of aromatic amines is 1. The molecule has 0 fully saturated rings. The Hall–Kier alpha value is -3.74. The summed E-state index contributed by atoms with van der Waals surface area (Å²) >= 11 is 0. The van der Waals surface area contributed by atoms with Gasteiger partial charge in [0, 0.05) is 19.4 Å². The van der Waals surface area contributed by atoms with E-state index in [1.165, 1.54) is 11.8 Å². The lowest BCUT2D eigenvalue weighted by molar-refractivity contribution is -0.121. The first-order valence-corrected chi connectivity index (χ1v) is 9.96. The Morgan fingerprint density at radius 2 is 1.80 bits per heavy atom. The highest BCUT2D eigenvalue weighted by Gasteiger charge is 2.13. The minimum Gasteiger partial charge on any atom is -0.355 e. The molecular formula is C23H23N5O2. The smallest absolute Gasteiger partial charge is 0.262 e. The third-order valence-corrected chi connectivity index (χ3v) is 5.05. The number of para-hydroxylation sites is 1. The van der Waals surface area contributed by atoms with Crippen molar-refractivity contribution >= 4 is 16.9 Å². The van der Waals surface area contributed by atoms with E-state index in [0.29, 0.717) is 29.8 Å². The van der Waals surface area contributed by atoms with Gasteiger partial charge in [-0.2, -0.15) is 5.10 Å². The highest BCUT2D eigenvalue weighted by Crippen LogP contribution is 2.14. The monoisotopic (exact) mass is 401 g/mol. The van der Waals surface area contributed by atoms with Crippen molar-refractivity contribution in [1.29, 1.82) is 0 Å². The lowest BCUT2D eigenvalue weighted by Crippen LogP contribution is -2.28. The Morgan fingerprint density at radius 1 is 1.10 bits per heavy atom. The number of aryl methyl sites for hydroxylation is 1. The lowest BCUT2D eigenvalue weighted by atomic mass is 10.0. The zero-order chi connectivity index (χ0) is 20.9. The molecule has 4 aromatic rings. The third-order valence-electron chi connectivity index (χ3n) is 5.05. The van der Waals surface area contributed by atoms with Gasteiger partial charge in [-0.1, -0.05) is 55.5 Å². The molecule has 0 aliphatic carbocycles. The van der Waals surface area contributed by atoms with Crippen molar-refractivity contribution in [3.05, 3.63) is 88.6 Å². The Balaban J connectivity index is 1.43. The van der Waals surface area contributed by atoms with Gasteiger partial charge < -0.3 is 10.3 Å². The maximum Gasteiger partial charge on any atom is 0.262 e. The summed E-state index contributed by atoms with van der Waals surface area (Å²) in [5.74, 6) is 0.623. The molecule has 152 valence electrons. The number of nitrogens with one attached hydrogen (secondary N) is 2. The molecule has 7 nitrogen and oxygen atoms in total. The Kier molecular flexibility index (Phi) is 5.70. The molecule has 0 saturated carbocycles. The molecule has 0 aliphatic heterocycles. The maximum atomic E-state index is 12.4. The topological polar surface area (TPSA) is 92.7 Å². The standard InChI is InChI=1S/C23H23N5O2/c1-16(17-8-4-2-5-9-17)14-24-21(29)13-12-20-26-22-19(23(30)27-20)15-25-28(22)18-10-6-3-7-11-18/h2-11,15-16H,12-14H2,1H3,(H,24,29)(H,26,27,30)/t16-/m1/s1. The molecule has 7 heteroatoms. The summed E-state index contributed by atoms with van der Waals surface area (Å²) in [6.45, 7) is 2.64. The molecule has 1 amide bonds. The van der Waals surface area contributed by atoms with Crippen molar-refractivity contribution in [2.45, 2.75) is 25.7 Å². The van der Waals surface area contributed by atoms with Gasteiger partial charge in [-0.25, -0.2) is 9.67 Å².